The van der Waals surface area contributed by atoms with Gasteiger partial charge in [0, 0.05) is 11.8 Å². The Labute approximate surface area is 130 Å². The highest BCUT2D eigenvalue weighted by Gasteiger charge is 2.61. The van der Waals surface area contributed by atoms with Gasteiger partial charge in [-0.25, -0.2) is 0 Å². The minimum Gasteiger partial charge on any atom is -0.423 e. The summed E-state index contributed by atoms with van der Waals surface area (Å²) in [5.41, 5.74) is -1.22. The van der Waals surface area contributed by atoms with Crippen LogP contribution in [0.5, 0.6) is 0 Å². The summed E-state index contributed by atoms with van der Waals surface area (Å²) in [5, 5.41) is -5.24. The van der Waals surface area contributed by atoms with Crippen LogP contribution in [0, 0.1) is 23.2 Å². The van der Waals surface area contributed by atoms with Gasteiger partial charge in [-0.15, -0.1) is 0 Å². The number of ether oxygens (including phenoxy) is 1. The van der Waals surface area contributed by atoms with E-state index in [-0.39, 0.29) is 36.4 Å². The molecule has 0 spiro atoms. The second-order valence-corrected chi connectivity index (χ2v) is 8.28. The van der Waals surface area contributed by atoms with E-state index in [9.17, 15) is 31.2 Å². The van der Waals surface area contributed by atoms with Crippen LogP contribution in [0.4, 0.5) is 13.2 Å². The molecule has 0 heterocycles. The second-order valence-electron chi connectivity index (χ2n) is 6.78. The van der Waals surface area contributed by atoms with Crippen LogP contribution < -0.4 is 0 Å². The smallest absolute Gasteiger partial charge is 0.423 e. The van der Waals surface area contributed by atoms with Gasteiger partial charge in [0.1, 0.15) is 5.78 Å². The molecule has 0 amide bonds. The van der Waals surface area contributed by atoms with Gasteiger partial charge in [0.2, 0.25) is 0 Å². The number of carbonyl (C=O) groups excluding carboxylic acids is 2. The molecule has 1 N–H and O–H groups in total. The lowest BCUT2D eigenvalue weighted by atomic mass is 9.49. The van der Waals surface area contributed by atoms with Crippen molar-refractivity contribution >= 4 is 21.9 Å². The normalized spacial score (nSPS) is 37.7. The van der Waals surface area contributed by atoms with E-state index in [0.717, 1.165) is 0 Å². The molecule has 4 aliphatic carbocycles. The average Bonchev–Trinajstić information content (AvgIpc) is 2.42. The third-order valence-electron chi connectivity index (χ3n) is 5.25. The zero-order valence-electron chi connectivity index (χ0n) is 11.9. The Morgan fingerprint density at radius 2 is 1.78 bits per heavy atom. The zero-order valence-corrected chi connectivity index (χ0v) is 12.7. The molecular formula is C13H15F3O6S. The van der Waals surface area contributed by atoms with E-state index in [1.807, 2.05) is 0 Å². The summed E-state index contributed by atoms with van der Waals surface area (Å²) in [6, 6.07) is 0. The average molecular weight is 356 g/mol. The van der Waals surface area contributed by atoms with Gasteiger partial charge in [-0.2, -0.15) is 21.6 Å². The molecule has 0 radical (unpaired) electrons. The van der Waals surface area contributed by atoms with E-state index in [4.69, 9.17) is 4.55 Å². The maximum absolute atomic E-state index is 13.5. The van der Waals surface area contributed by atoms with Crippen LogP contribution in [0.3, 0.4) is 0 Å². The van der Waals surface area contributed by atoms with Gasteiger partial charge in [-0.05, 0) is 38.0 Å². The molecule has 0 aromatic heterocycles. The highest BCUT2D eigenvalue weighted by atomic mass is 32.2. The Balaban J connectivity index is 1.78. The topological polar surface area (TPSA) is 97.7 Å². The highest BCUT2D eigenvalue weighted by Crippen LogP contribution is 2.59. The molecular weight excluding hydrogens is 341 g/mol. The quantitative estimate of drug-likeness (QED) is 0.608. The van der Waals surface area contributed by atoms with Crippen LogP contribution >= 0.6 is 0 Å². The van der Waals surface area contributed by atoms with Gasteiger partial charge in [-0.1, -0.05) is 0 Å². The molecule has 4 rings (SSSR count). The standard InChI is InChI=1S/C13H15F3O6S/c14-10(13(15,16)23(19,20)21)22-11(18)12-3-6-1-7(4-12)9(17)8(2-6)5-12/h6-8,10H,1-5H2,(H,19,20,21). The molecule has 130 valence electrons. The SMILES string of the molecule is O=C1C2CC3CC1CC(C(=O)OC(F)C(F)(F)S(=O)(=O)O)(C3)C2. The largest absolute Gasteiger partial charge is 0.435 e. The minimum atomic E-state index is -6.05. The van der Waals surface area contributed by atoms with E-state index in [1.54, 1.807) is 0 Å². The number of Topliss-reactive ketones (excluding diaryl/α,β-unsaturated/α-hetero) is 1. The number of rotatable bonds is 4. The first-order chi connectivity index (χ1) is 10.5. The van der Waals surface area contributed by atoms with Crippen LogP contribution in [0.15, 0.2) is 0 Å². The van der Waals surface area contributed by atoms with Crippen molar-refractivity contribution in [2.75, 3.05) is 0 Å². The van der Waals surface area contributed by atoms with Gasteiger partial charge in [0.25, 0.3) is 0 Å². The van der Waals surface area contributed by atoms with Crippen molar-refractivity contribution in [3.63, 3.8) is 0 Å². The molecule has 0 aliphatic heterocycles. The first kappa shape index (κ1) is 16.7. The van der Waals surface area contributed by atoms with Gasteiger partial charge in [0.05, 0.1) is 5.41 Å². The van der Waals surface area contributed by atoms with Crippen molar-refractivity contribution in [2.24, 2.45) is 23.2 Å². The Morgan fingerprint density at radius 3 is 2.26 bits per heavy atom. The lowest BCUT2D eigenvalue weighted by molar-refractivity contribution is -0.204. The molecule has 23 heavy (non-hydrogen) atoms. The number of alkyl halides is 3. The molecule has 0 saturated heterocycles. The molecule has 6 nitrogen and oxygen atoms in total. The number of esters is 1. The number of hydrogen-bond donors (Lipinski definition) is 1. The summed E-state index contributed by atoms with van der Waals surface area (Å²) in [6.45, 7) is 0. The predicted octanol–water partition coefficient (Wildman–Crippen LogP) is 1.70. The zero-order chi connectivity index (χ0) is 17.2. The maximum Gasteiger partial charge on any atom is 0.435 e. The van der Waals surface area contributed by atoms with Gasteiger partial charge >= 0.3 is 27.7 Å². The number of halogens is 3. The maximum atomic E-state index is 13.5. The van der Waals surface area contributed by atoms with Crippen LogP contribution in [0.25, 0.3) is 0 Å². The van der Waals surface area contributed by atoms with Crippen LogP contribution in [0.2, 0.25) is 0 Å². The molecule has 4 bridgehead atoms. The molecule has 0 aromatic carbocycles. The number of ketones is 1. The second kappa shape index (κ2) is 4.92. The Hall–Kier alpha value is -1.16. The molecule has 3 atom stereocenters. The molecule has 0 aromatic rings. The fraction of sp³-hybridized carbons (Fsp3) is 0.846. The minimum absolute atomic E-state index is 0.0458. The van der Waals surface area contributed by atoms with Gasteiger partial charge in [0.15, 0.2) is 0 Å². The van der Waals surface area contributed by atoms with Crippen LogP contribution in [-0.2, 0) is 24.4 Å². The fourth-order valence-corrected chi connectivity index (χ4v) is 4.68. The lowest BCUT2D eigenvalue weighted by Gasteiger charge is -2.54. The Kier molecular flexibility index (Phi) is 3.57. The van der Waals surface area contributed by atoms with E-state index < -0.39 is 33.1 Å². The Morgan fingerprint density at radius 1 is 1.26 bits per heavy atom. The van der Waals surface area contributed by atoms with Crippen LogP contribution in [0.1, 0.15) is 32.1 Å². The molecule has 3 unspecified atom stereocenters. The number of carbonyl (C=O) groups is 2. The summed E-state index contributed by atoms with van der Waals surface area (Å²) in [5.74, 6) is -1.84. The van der Waals surface area contributed by atoms with Crippen molar-refractivity contribution in [2.45, 2.75) is 43.7 Å². The van der Waals surface area contributed by atoms with Gasteiger partial charge in [-0.3, -0.25) is 14.1 Å². The van der Waals surface area contributed by atoms with Crippen molar-refractivity contribution in [1.82, 2.24) is 0 Å². The molecule has 4 fully saturated rings. The summed E-state index contributed by atoms with van der Waals surface area (Å²) in [7, 11) is -6.05. The summed E-state index contributed by atoms with van der Waals surface area (Å²) >= 11 is 0. The van der Waals surface area contributed by atoms with Crippen molar-refractivity contribution < 1.29 is 40.5 Å². The third kappa shape index (κ3) is 2.46. The monoisotopic (exact) mass is 356 g/mol. The Bertz CT molecular complexity index is 643. The van der Waals surface area contributed by atoms with Crippen molar-refractivity contribution in [1.29, 1.82) is 0 Å². The first-order valence-corrected chi connectivity index (χ1v) is 8.64. The molecule has 4 saturated carbocycles. The fourth-order valence-electron chi connectivity index (χ4n) is 4.40. The third-order valence-corrected chi connectivity index (χ3v) is 6.12. The van der Waals surface area contributed by atoms with E-state index in [1.165, 1.54) is 0 Å². The number of hydrogen-bond acceptors (Lipinski definition) is 5. The van der Waals surface area contributed by atoms with Crippen molar-refractivity contribution in [3.8, 4) is 0 Å². The van der Waals surface area contributed by atoms with E-state index >= 15 is 0 Å². The van der Waals surface area contributed by atoms with E-state index in [0.29, 0.717) is 19.3 Å². The summed E-state index contributed by atoms with van der Waals surface area (Å²) in [6.07, 6.45) is -2.00. The van der Waals surface area contributed by atoms with Crippen LogP contribution in [-0.4, -0.2) is 36.3 Å². The summed E-state index contributed by atoms with van der Waals surface area (Å²) in [4.78, 5) is 24.2. The lowest BCUT2D eigenvalue weighted by Crippen LogP contribution is -2.56. The first-order valence-electron chi connectivity index (χ1n) is 7.20. The van der Waals surface area contributed by atoms with Crippen molar-refractivity contribution in [3.05, 3.63) is 0 Å². The highest BCUT2D eigenvalue weighted by molar-refractivity contribution is 7.86. The summed E-state index contributed by atoms with van der Waals surface area (Å²) < 4.78 is 73.2. The predicted molar refractivity (Wildman–Crippen MR) is 68.5 cm³/mol. The van der Waals surface area contributed by atoms with E-state index in [2.05, 4.69) is 4.74 Å². The molecule has 10 heteroatoms. The van der Waals surface area contributed by atoms with Gasteiger partial charge < -0.3 is 4.74 Å². The molecule has 4 aliphatic rings.